The van der Waals surface area contributed by atoms with Crippen LogP contribution in [0.5, 0.6) is 5.75 Å². The summed E-state index contributed by atoms with van der Waals surface area (Å²) in [6.07, 6.45) is -4.47. The van der Waals surface area contributed by atoms with E-state index in [-0.39, 0.29) is 29.7 Å². The Balaban J connectivity index is 1.30. The zero-order chi connectivity index (χ0) is 28.2. The number of alkyl halides is 6. The molecule has 0 bridgehead atoms. The standard InChI is InChI=1S/C30H33F6NO2/c1-18(19(2)38)27(21-4-5-21)22-6-3-20-9-10-28(39-26(20)16-22)11-13-37(14-12-28)17-23-15-24(29(31,32)33)7-8-25(23)30(34,35)36/h3,6-8,15-16,18,21,27H,4-5,9-14,17H2,1-2H3/t18-,27+/m1/s1. The molecule has 212 valence electrons. The highest BCUT2D eigenvalue weighted by Crippen LogP contribution is 2.49. The molecule has 39 heavy (non-hydrogen) atoms. The van der Waals surface area contributed by atoms with Crippen molar-refractivity contribution in [2.75, 3.05) is 13.1 Å². The van der Waals surface area contributed by atoms with Crippen LogP contribution in [0.25, 0.3) is 0 Å². The van der Waals surface area contributed by atoms with Gasteiger partial charge in [0.1, 0.15) is 17.1 Å². The third-order valence-corrected chi connectivity index (χ3v) is 8.86. The average Bonchev–Trinajstić information content (AvgIpc) is 3.69. The van der Waals surface area contributed by atoms with E-state index in [1.165, 1.54) is 0 Å². The van der Waals surface area contributed by atoms with Crippen molar-refractivity contribution in [2.45, 2.75) is 82.8 Å². The Kier molecular flexibility index (Phi) is 7.27. The number of halogens is 6. The fraction of sp³-hybridized carbons (Fsp3) is 0.567. The minimum absolute atomic E-state index is 0.0752. The highest BCUT2D eigenvalue weighted by molar-refractivity contribution is 5.79. The molecule has 0 amide bonds. The number of benzene rings is 2. The van der Waals surface area contributed by atoms with Crippen LogP contribution in [0.2, 0.25) is 0 Å². The Bertz CT molecular complexity index is 1220. The fourth-order valence-electron chi connectivity index (χ4n) is 6.29. The molecule has 0 aromatic heterocycles. The van der Waals surface area contributed by atoms with Gasteiger partial charge in [0, 0.05) is 25.6 Å². The summed E-state index contributed by atoms with van der Waals surface area (Å²) in [5.74, 6) is 1.56. The maximum atomic E-state index is 13.6. The lowest BCUT2D eigenvalue weighted by Gasteiger charge is -2.45. The molecule has 0 N–H and O–H groups in total. The summed E-state index contributed by atoms with van der Waals surface area (Å²) >= 11 is 0. The van der Waals surface area contributed by atoms with E-state index < -0.39 is 29.1 Å². The highest BCUT2D eigenvalue weighted by atomic mass is 19.4. The summed E-state index contributed by atoms with van der Waals surface area (Å²) in [6.45, 7) is 4.26. The van der Waals surface area contributed by atoms with Gasteiger partial charge in [0.15, 0.2) is 0 Å². The molecule has 2 fully saturated rings. The van der Waals surface area contributed by atoms with E-state index in [1.807, 2.05) is 6.92 Å². The Morgan fingerprint density at radius 1 is 1.00 bits per heavy atom. The van der Waals surface area contributed by atoms with Crippen molar-refractivity contribution in [3.05, 3.63) is 64.2 Å². The van der Waals surface area contributed by atoms with Crippen LogP contribution in [0.3, 0.4) is 0 Å². The zero-order valence-corrected chi connectivity index (χ0v) is 22.1. The lowest BCUT2D eigenvalue weighted by Crippen LogP contribution is -2.49. The normalized spacial score (nSPS) is 21.2. The maximum Gasteiger partial charge on any atom is 0.416 e. The van der Waals surface area contributed by atoms with Gasteiger partial charge in [-0.2, -0.15) is 26.3 Å². The van der Waals surface area contributed by atoms with Crippen LogP contribution in [0.4, 0.5) is 26.3 Å². The molecule has 2 aromatic carbocycles. The number of ketones is 1. The Labute approximate surface area is 224 Å². The van der Waals surface area contributed by atoms with Gasteiger partial charge < -0.3 is 4.74 Å². The highest BCUT2D eigenvalue weighted by Gasteiger charge is 2.42. The smallest absolute Gasteiger partial charge is 0.416 e. The van der Waals surface area contributed by atoms with Gasteiger partial charge in [-0.1, -0.05) is 19.1 Å². The average molecular weight is 554 g/mol. The number of aryl methyl sites for hydroxylation is 1. The van der Waals surface area contributed by atoms with Crippen molar-refractivity contribution >= 4 is 5.78 Å². The van der Waals surface area contributed by atoms with Crippen LogP contribution in [-0.4, -0.2) is 29.4 Å². The molecular weight excluding hydrogens is 520 g/mol. The zero-order valence-electron chi connectivity index (χ0n) is 22.1. The Hall–Kier alpha value is -2.55. The molecule has 1 saturated carbocycles. The molecule has 3 aliphatic rings. The second-order valence-corrected chi connectivity index (χ2v) is 11.6. The summed E-state index contributed by atoms with van der Waals surface area (Å²) in [5, 5.41) is 0. The number of Topliss-reactive ketones (excluding diaryl/α,β-unsaturated/α-hetero) is 1. The number of piperidine rings is 1. The quantitative estimate of drug-likeness (QED) is 0.342. The molecule has 1 saturated heterocycles. The van der Waals surface area contributed by atoms with Crippen LogP contribution in [0, 0.1) is 11.8 Å². The number of hydrogen-bond acceptors (Lipinski definition) is 3. The number of fused-ring (bicyclic) bond motifs is 1. The van der Waals surface area contributed by atoms with E-state index in [4.69, 9.17) is 4.74 Å². The van der Waals surface area contributed by atoms with Crippen LogP contribution in [0.15, 0.2) is 36.4 Å². The molecule has 1 aliphatic carbocycles. The van der Waals surface area contributed by atoms with Crippen molar-refractivity contribution in [1.82, 2.24) is 4.90 Å². The van der Waals surface area contributed by atoms with Gasteiger partial charge in [0.2, 0.25) is 0 Å². The van der Waals surface area contributed by atoms with Crippen LogP contribution in [-0.2, 0) is 30.1 Å². The molecule has 2 aliphatic heterocycles. The monoisotopic (exact) mass is 553 g/mol. The Morgan fingerprint density at radius 3 is 2.28 bits per heavy atom. The molecule has 2 heterocycles. The van der Waals surface area contributed by atoms with Crippen molar-refractivity contribution in [1.29, 1.82) is 0 Å². The first-order valence-electron chi connectivity index (χ1n) is 13.6. The molecule has 3 nitrogen and oxygen atoms in total. The van der Waals surface area contributed by atoms with E-state index in [2.05, 4.69) is 18.2 Å². The van der Waals surface area contributed by atoms with Gasteiger partial charge in [0.05, 0.1) is 11.1 Å². The molecule has 2 aromatic rings. The second-order valence-electron chi connectivity index (χ2n) is 11.6. The van der Waals surface area contributed by atoms with Crippen molar-refractivity contribution in [3.8, 4) is 5.75 Å². The second kappa shape index (κ2) is 10.1. The number of carbonyl (C=O) groups is 1. The van der Waals surface area contributed by atoms with Crippen molar-refractivity contribution < 1.29 is 35.9 Å². The lowest BCUT2D eigenvalue weighted by molar-refractivity contribution is -0.142. The van der Waals surface area contributed by atoms with Gasteiger partial charge >= 0.3 is 12.4 Å². The van der Waals surface area contributed by atoms with Gasteiger partial charge in [-0.05, 0) is 98.2 Å². The third kappa shape index (κ3) is 5.98. The number of rotatable bonds is 6. The molecule has 1 spiro atoms. The van der Waals surface area contributed by atoms with Crippen LogP contribution < -0.4 is 4.74 Å². The number of carbonyl (C=O) groups excluding carboxylic acids is 1. The van der Waals surface area contributed by atoms with E-state index >= 15 is 0 Å². The van der Waals surface area contributed by atoms with Gasteiger partial charge in [-0.3, -0.25) is 9.69 Å². The van der Waals surface area contributed by atoms with Crippen molar-refractivity contribution in [2.24, 2.45) is 11.8 Å². The largest absolute Gasteiger partial charge is 0.487 e. The summed E-state index contributed by atoms with van der Waals surface area (Å²) in [5.41, 5.74) is -0.710. The molecule has 9 heteroatoms. The maximum absolute atomic E-state index is 13.6. The summed E-state index contributed by atoms with van der Waals surface area (Å²) < 4.78 is 86.9. The first kappa shape index (κ1) is 28.0. The van der Waals surface area contributed by atoms with E-state index in [1.54, 1.807) is 11.8 Å². The molecule has 2 atom stereocenters. The number of ether oxygens (including phenoxy) is 1. The predicted octanol–water partition coefficient (Wildman–Crippen LogP) is 7.80. The van der Waals surface area contributed by atoms with Gasteiger partial charge in [-0.15, -0.1) is 0 Å². The first-order chi connectivity index (χ1) is 18.3. The predicted molar refractivity (Wildman–Crippen MR) is 134 cm³/mol. The fourth-order valence-corrected chi connectivity index (χ4v) is 6.29. The van der Waals surface area contributed by atoms with E-state index in [0.29, 0.717) is 50.0 Å². The van der Waals surface area contributed by atoms with Gasteiger partial charge in [-0.25, -0.2) is 0 Å². The molecular formula is C30H33F6NO2. The lowest BCUT2D eigenvalue weighted by atomic mass is 9.79. The van der Waals surface area contributed by atoms with Crippen LogP contribution >= 0.6 is 0 Å². The number of likely N-dealkylation sites (tertiary alicyclic amines) is 1. The number of hydrogen-bond donors (Lipinski definition) is 0. The summed E-state index contributed by atoms with van der Waals surface area (Å²) in [7, 11) is 0. The minimum atomic E-state index is -4.73. The van der Waals surface area contributed by atoms with Gasteiger partial charge in [0.25, 0.3) is 0 Å². The molecule has 0 radical (unpaired) electrons. The third-order valence-electron chi connectivity index (χ3n) is 8.86. The summed E-state index contributed by atoms with van der Waals surface area (Å²) in [4.78, 5) is 14.0. The van der Waals surface area contributed by atoms with E-state index in [0.717, 1.165) is 42.6 Å². The topological polar surface area (TPSA) is 29.5 Å². The van der Waals surface area contributed by atoms with Crippen LogP contribution in [0.1, 0.15) is 79.7 Å². The number of nitrogens with zero attached hydrogens (tertiary/aromatic N) is 1. The first-order valence-corrected chi connectivity index (χ1v) is 13.6. The minimum Gasteiger partial charge on any atom is -0.487 e. The molecule has 0 unspecified atom stereocenters. The van der Waals surface area contributed by atoms with Crippen molar-refractivity contribution in [3.63, 3.8) is 0 Å². The summed E-state index contributed by atoms with van der Waals surface area (Å²) in [6, 6.07) is 7.91. The Morgan fingerprint density at radius 2 is 1.69 bits per heavy atom. The van der Waals surface area contributed by atoms with E-state index in [9.17, 15) is 31.1 Å². The SMILES string of the molecule is CC(=O)[C@@H](C)[C@H](c1ccc2c(c1)OC1(CC2)CCN(Cc2cc(C(F)(F)F)ccc2C(F)(F)F)CC1)C1CC1. The molecule has 5 rings (SSSR count).